The standard InChI is InChI=1S/C23H29NO3S/c1-15-8-7-9-18(11-10-15)21-17(3)23-22(16(2)19(21)14-20(25)26)24-28-13-6-4-5-12-27-23/h7,9-11,24H,4-6,8,12-14H2,1-3H3,(H,25,26). The lowest BCUT2D eigenvalue weighted by Gasteiger charge is -2.25. The zero-order valence-corrected chi connectivity index (χ0v) is 17.7. The first-order valence-electron chi connectivity index (χ1n) is 9.91. The molecule has 1 aliphatic carbocycles. The lowest BCUT2D eigenvalue weighted by Crippen LogP contribution is -2.13. The molecular weight excluding hydrogens is 370 g/mol. The molecule has 28 heavy (non-hydrogen) atoms. The van der Waals surface area contributed by atoms with Gasteiger partial charge in [0, 0.05) is 11.3 Å². The Kier molecular flexibility index (Phi) is 6.89. The Bertz CT molecular complexity index is 852. The average Bonchev–Trinajstić information content (AvgIpc) is 2.87. The number of aliphatic carboxylic acids is 1. The van der Waals surface area contributed by atoms with Crippen LogP contribution < -0.4 is 9.46 Å². The van der Waals surface area contributed by atoms with E-state index in [-0.39, 0.29) is 6.42 Å². The molecule has 0 spiro atoms. The number of allylic oxidation sites excluding steroid dienone is 6. The molecule has 0 aromatic heterocycles. The lowest BCUT2D eigenvalue weighted by molar-refractivity contribution is -0.136. The van der Waals surface area contributed by atoms with Gasteiger partial charge >= 0.3 is 5.97 Å². The minimum atomic E-state index is -0.818. The van der Waals surface area contributed by atoms with Crippen LogP contribution in [0.15, 0.2) is 29.9 Å². The van der Waals surface area contributed by atoms with E-state index in [0.29, 0.717) is 6.61 Å². The number of nitrogens with one attached hydrogen (secondary N) is 1. The molecule has 0 radical (unpaired) electrons. The highest BCUT2D eigenvalue weighted by Gasteiger charge is 2.24. The summed E-state index contributed by atoms with van der Waals surface area (Å²) in [5.41, 5.74) is 7.08. The van der Waals surface area contributed by atoms with Crippen LogP contribution in [0.5, 0.6) is 5.75 Å². The van der Waals surface area contributed by atoms with E-state index < -0.39 is 5.97 Å². The zero-order chi connectivity index (χ0) is 20.1. The van der Waals surface area contributed by atoms with Crippen molar-refractivity contribution in [3.8, 4) is 5.75 Å². The van der Waals surface area contributed by atoms with E-state index in [1.165, 1.54) is 5.57 Å². The number of rotatable bonds is 3. The molecule has 0 saturated heterocycles. The van der Waals surface area contributed by atoms with Gasteiger partial charge in [-0.1, -0.05) is 41.8 Å². The van der Waals surface area contributed by atoms with Gasteiger partial charge in [0.05, 0.1) is 18.7 Å². The monoisotopic (exact) mass is 399 g/mol. The van der Waals surface area contributed by atoms with Gasteiger partial charge in [0.2, 0.25) is 0 Å². The molecule has 1 heterocycles. The molecule has 2 aliphatic rings. The maximum atomic E-state index is 11.7. The molecule has 2 N–H and O–H groups in total. The number of anilines is 1. The SMILES string of the molecule is CC1=CC=C(c2c(C)c3c(c(C)c2CC(=O)O)NSCCCCCO3)C=CC1. The lowest BCUT2D eigenvalue weighted by atomic mass is 9.87. The maximum Gasteiger partial charge on any atom is 0.307 e. The molecule has 1 aliphatic heterocycles. The first-order valence-corrected chi connectivity index (χ1v) is 10.9. The Morgan fingerprint density at radius 2 is 2.00 bits per heavy atom. The quantitative estimate of drug-likeness (QED) is 0.625. The average molecular weight is 400 g/mol. The fraction of sp³-hybridized carbons (Fsp3) is 0.435. The van der Waals surface area contributed by atoms with Gasteiger partial charge in [0.15, 0.2) is 0 Å². The number of carboxylic acids is 1. The van der Waals surface area contributed by atoms with Crippen molar-refractivity contribution in [3.05, 3.63) is 52.1 Å². The predicted octanol–water partition coefficient (Wildman–Crippen LogP) is 5.84. The van der Waals surface area contributed by atoms with Gasteiger partial charge in [-0.2, -0.15) is 0 Å². The molecule has 5 heteroatoms. The highest BCUT2D eigenvalue weighted by molar-refractivity contribution is 8.00. The summed E-state index contributed by atoms with van der Waals surface area (Å²) in [5, 5.41) is 9.58. The molecule has 150 valence electrons. The molecule has 3 rings (SSSR count). The summed E-state index contributed by atoms with van der Waals surface area (Å²) >= 11 is 1.67. The number of fused-ring (bicyclic) bond motifs is 1. The summed E-state index contributed by atoms with van der Waals surface area (Å²) < 4.78 is 9.68. The normalized spacial score (nSPS) is 17.4. The second kappa shape index (κ2) is 9.37. The molecule has 4 nitrogen and oxygen atoms in total. The zero-order valence-electron chi connectivity index (χ0n) is 16.9. The molecule has 0 fully saturated rings. The van der Waals surface area contributed by atoms with Crippen molar-refractivity contribution in [1.82, 2.24) is 0 Å². The summed E-state index contributed by atoms with van der Waals surface area (Å²) in [5.74, 6) is 1.07. The summed E-state index contributed by atoms with van der Waals surface area (Å²) in [6, 6.07) is 0. The topological polar surface area (TPSA) is 58.6 Å². The van der Waals surface area contributed by atoms with Gasteiger partial charge in [0.1, 0.15) is 5.75 Å². The Morgan fingerprint density at radius 3 is 2.79 bits per heavy atom. The fourth-order valence-electron chi connectivity index (χ4n) is 3.75. The third-order valence-corrected chi connectivity index (χ3v) is 6.13. The summed E-state index contributed by atoms with van der Waals surface area (Å²) in [6.45, 7) is 6.85. The molecule has 0 atom stereocenters. The van der Waals surface area contributed by atoms with Gasteiger partial charge in [-0.25, -0.2) is 0 Å². The van der Waals surface area contributed by atoms with Crippen LogP contribution in [0.25, 0.3) is 5.57 Å². The number of benzene rings is 1. The van der Waals surface area contributed by atoms with E-state index in [9.17, 15) is 9.90 Å². The van der Waals surface area contributed by atoms with Crippen LogP contribution >= 0.6 is 11.9 Å². The predicted molar refractivity (Wildman–Crippen MR) is 118 cm³/mol. The van der Waals surface area contributed by atoms with Crippen LogP contribution in [-0.4, -0.2) is 23.4 Å². The third kappa shape index (κ3) is 4.64. The van der Waals surface area contributed by atoms with Gasteiger partial charge in [-0.15, -0.1) is 0 Å². The maximum absolute atomic E-state index is 11.7. The number of carbonyl (C=O) groups is 1. The molecule has 0 unspecified atom stereocenters. The van der Waals surface area contributed by atoms with Crippen LogP contribution in [0.2, 0.25) is 0 Å². The Balaban J connectivity index is 2.21. The second-order valence-electron chi connectivity index (χ2n) is 7.48. The van der Waals surface area contributed by atoms with E-state index in [2.05, 4.69) is 35.9 Å². The van der Waals surface area contributed by atoms with Gasteiger partial charge in [0.25, 0.3) is 0 Å². The third-order valence-electron chi connectivity index (χ3n) is 5.28. The second-order valence-corrected chi connectivity index (χ2v) is 8.38. The van der Waals surface area contributed by atoms with Crippen LogP contribution in [0, 0.1) is 13.8 Å². The van der Waals surface area contributed by atoms with Crippen molar-refractivity contribution in [1.29, 1.82) is 0 Å². The highest BCUT2D eigenvalue weighted by atomic mass is 32.2. The van der Waals surface area contributed by atoms with Gasteiger partial charge < -0.3 is 14.6 Å². The van der Waals surface area contributed by atoms with Crippen LogP contribution in [0.3, 0.4) is 0 Å². The minimum Gasteiger partial charge on any atom is -0.491 e. The smallest absolute Gasteiger partial charge is 0.307 e. The van der Waals surface area contributed by atoms with Crippen molar-refractivity contribution < 1.29 is 14.6 Å². The molecule has 0 saturated carbocycles. The molecule has 0 bridgehead atoms. The number of hydrogen-bond acceptors (Lipinski definition) is 4. The first kappa shape index (κ1) is 20.6. The van der Waals surface area contributed by atoms with E-state index in [4.69, 9.17) is 4.74 Å². The number of hydrogen-bond donors (Lipinski definition) is 2. The van der Waals surface area contributed by atoms with Crippen molar-refractivity contribution in [2.24, 2.45) is 0 Å². The molecule has 1 aromatic rings. The summed E-state index contributed by atoms with van der Waals surface area (Å²) in [7, 11) is 0. The van der Waals surface area contributed by atoms with Gasteiger partial charge in [-0.05, 0) is 68.7 Å². The fourth-order valence-corrected chi connectivity index (χ4v) is 4.59. The van der Waals surface area contributed by atoms with E-state index >= 15 is 0 Å². The first-order chi connectivity index (χ1) is 13.5. The molecule has 0 amide bonds. The molecule has 1 aromatic carbocycles. The van der Waals surface area contributed by atoms with E-state index in [1.54, 1.807) is 11.9 Å². The molecular formula is C23H29NO3S. The van der Waals surface area contributed by atoms with Crippen molar-refractivity contribution in [2.75, 3.05) is 17.1 Å². The Hall–Kier alpha value is -2.14. The highest BCUT2D eigenvalue weighted by Crippen LogP contribution is 2.43. The summed E-state index contributed by atoms with van der Waals surface area (Å²) in [4.78, 5) is 11.7. The van der Waals surface area contributed by atoms with Crippen molar-refractivity contribution in [2.45, 2.75) is 52.9 Å². The Morgan fingerprint density at radius 1 is 1.18 bits per heavy atom. The number of carboxylic acid groups (broad SMARTS) is 1. The summed E-state index contributed by atoms with van der Waals surface area (Å²) in [6.07, 6.45) is 12.7. The van der Waals surface area contributed by atoms with Crippen LogP contribution in [-0.2, 0) is 11.2 Å². The Labute approximate surface area is 171 Å². The van der Waals surface area contributed by atoms with E-state index in [0.717, 1.165) is 70.7 Å². The van der Waals surface area contributed by atoms with Crippen LogP contribution in [0.4, 0.5) is 5.69 Å². The number of ether oxygens (including phenoxy) is 1. The van der Waals surface area contributed by atoms with E-state index in [1.807, 2.05) is 13.8 Å². The van der Waals surface area contributed by atoms with Crippen LogP contribution in [0.1, 0.15) is 54.9 Å². The van der Waals surface area contributed by atoms with Crippen molar-refractivity contribution in [3.63, 3.8) is 0 Å². The largest absolute Gasteiger partial charge is 0.491 e. The minimum absolute atomic E-state index is 0.00445. The van der Waals surface area contributed by atoms with Gasteiger partial charge in [-0.3, -0.25) is 4.79 Å². The van der Waals surface area contributed by atoms with Crippen molar-refractivity contribution >= 4 is 29.2 Å².